The van der Waals surface area contributed by atoms with Crippen molar-refractivity contribution in [2.45, 2.75) is 13.8 Å². The van der Waals surface area contributed by atoms with Crippen molar-refractivity contribution in [2.75, 3.05) is 11.4 Å². The first-order chi connectivity index (χ1) is 12.2. The lowest BCUT2D eigenvalue weighted by Gasteiger charge is -2.19. The van der Waals surface area contributed by atoms with Crippen molar-refractivity contribution in [2.24, 2.45) is 12.8 Å². The molecule has 0 radical (unpaired) electrons. The average molecular weight is 356 g/mol. The van der Waals surface area contributed by atoms with Crippen LogP contribution in [0.15, 0.2) is 18.3 Å². The van der Waals surface area contributed by atoms with Gasteiger partial charge in [0.2, 0.25) is 5.95 Å². The third-order valence-electron chi connectivity index (χ3n) is 4.10. The second-order valence-electron chi connectivity index (χ2n) is 5.62. The molecule has 0 aliphatic heterocycles. The lowest BCUT2D eigenvalue weighted by Crippen LogP contribution is -2.37. The van der Waals surface area contributed by atoms with Crippen LogP contribution < -0.4 is 10.6 Å². The van der Waals surface area contributed by atoms with Gasteiger partial charge in [0.1, 0.15) is 5.69 Å². The van der Waals surface area contributed by atoms with E-state index in [1.54, 1.807) is 20.9 Å². The van der Waals surface area contributed by atoms with E-state index in [2.05, 4.69) is 10.9 Å². The lowest BCUT2D eigenvalue weighted by atomic mass is 10.0. The first-order valence-corrected chi connectivity index (χ1v) is 7.57. The summed E-state index contributed by atoms with van der Waals surface area (Å²) in [5.74, 6) is -0.907. The molecule has 134 valence electrons. The van der Waals surface area contributed by atoms with Gasteiger partial charge < -0.3 is 10.3 Å². The molecule has 8 heteroatoms. The number of halogens is 1. The van der Waals surface area contributed by atoms with E-state index in [9.17, 15) is 18.8 Å². The van der Waals surface area contributed by atoms with Crippen LogP contribution in [0.3, 0.4) is 0 Å². The highest BCUT2D eigenvalue weighted by atomic mass is 19.1. The number of Topliss-reactive ketones (excluding diaryl/α,β-unsaturated/α-hetero) is 1. The van der Waals surface area contributed by atoms with Crippen molar-refractivity contribution >= 4 is 23.3 Å². The minimum absolute atomic E-state index is 0.0865. The summed E-state index contributed by atoms with van der Waals surface area (Å²) < 4.78 is 14.5. The number of nitrogens with zero attached hydrogens (tertiary/aromatic N) is 3. The van der Waals surface area contributed by atoms with E-state index in [1.807, 2.05) is 0 Å². The van der Waals surface area contributed by atoms with Crippen LogP contribution in [-0.2, 0) is 11.8 Å². The zero-order valence-corrected chi connectivity index (χ0v) is 14.5. The molecule has 0 aliphatic carbocycles. The fraction of sp³-hybridized carbons (Fsp3) is 0.222. The van der Waals surface area contributed by atoms with Crippen LogP contribution in [0.4, 0.5) is 10.1 Å². The molecule has 7 nitrogen and oxygen atoms in total. The number of pyridine rings is 1. The van der Waals surface area contributed by atoms with Crippen molar-refractivity contribution in [3.05, 3.63) is 46.8 Å². The molecule has 0 bridgehead atoms. The van der Waals surface area contributed by atoms with Gasteiger partial charge in [-0.25, -0.2) is 4.98 Å². The number of rotatable bonds is 5. The number of ketones is 1. The third kappa shape index (κ3) is 3.19. The Bertz CT molecular complexity index is 939. The summed E-state index contributed by atoms with van der Waals surface area (Å²) >= 11 is 0. The number of carbonyl (C=O) groups excluding carboxylic acids is 3. The SMILES string of the molecule is C#CCN(C(=O)C(=O)c1c(C)c(C(N)=O)n(C)c1C)c1ccc(F)nc1. The molecular weight excluding hydrogens is 339 g/mol. The number of hydrogen-bond donors (Lipinski definition) is 1. The van der Waals surface area contributed by atoms with Gasteiger partial charge in [0.25, 0.3) is 17.6 Å². The van der Waals surface area contributed by atoms with E-state index in [-0.39, 0.29) is 23.5 Å². The molecule has 2 aromatic rings. The van der Waals surface area contributed by atoms with Crippen molar-refractivity contribution in [3.8, 4) is 12.3 Å². The van der Waals surface area contributed by atoms with E-state index in [0.717, 1.165) is 17.2 Å². The first kappa shape index (κ1) is 18.9. The quantitative estimate of drug-likeness (QED) is 0.376. The minimum atomic E-state index is -0.913. The van der Waals surface area contributed by atoms with Crippen LogP contribution in [0.25, 0.3) is 0 Å². The molecule has 2 heterocycles. The Morgan fingerprint density at radius 3 is 2.46 bits per heavy atom. The van der Waals surface area contributed by atoms with Crippen LogP contribution in [0.5, 0.6) is 0 Å². The maximum Gasteiger partial charge on any atom is 0.300 e. The Morgan fingerprint density at radius 2 is 2.00 bits per heavy atom. The van der Waals surface area contributed by atoms with Crippen molar-refractivity contribution in [1.82, 2.24) is 9.55 Å². The highest BCUT2D eigenvalue weighted by Crippen LogP contribution is 2.23. The molecule has 0 aromatic carbocycles. The second-order valence-corrected chi connectivity index (χ2v) is 5.62. The van der Waals surface area contributed by atoms with Crippen molar-refractivity contribution < 1.29 is 18.8 Å². The Balaban J connectivity index is 2.50. The highest BCUT2D eigenvalue weighted by molar-refractivity contribution is 6.47. The van der Waals surface area contributed by atoms with Crippen LogP contribution in [0.2, 0.25) is 0 Å². The number of aromatic nitrogens is 2. The molecule has 2 aromatic heterocycles. The van der Waals surface area contributed by atoms with Gasteiger partial charge in [0.15, 0.2) is 0 Å². The summed E-state index contributed by atoms with van der Waals surface area (Å²) in [5, 5.41) is 0. The van der Waals surface area contributed by atoms with Gasteiger partial charge in [-0.15, -0.1) is 6.42 Å². The Labute approximate surface area is 149 Å². The summed E-state index contributed by atoms with van der Waals surface area (Å²) in [6.45, 7) is 2.94. The Morgan fingerprint density at radius 1 is 1.35 bits per heavy atom. The van der Waals surface area contributed by atoms with Gasteiger partial charge in [-0.1, -0.05) is 5.92 Å². The number of primary amides is 1. The normalized spacial score (nSPS) is 10.3. The third-order valence-corrected chi connectivity index (χ3v) is 4.10. The van der Waals surface area contributed by atoms with E-state index in [0.29, 0.717) is 11.3 Å². The minimum Gasteiger partial charge on any atom is -0.364 e. The number of amides is 2. The molecule has 0 spiro atoms. The lowest BCUT2D eigenvalue weighted by molar-refractivity contribution is -0.114. The van der Waals surface area contributed by atoms with Crippen LogP contribution in [-0.4, -0.2) is 33.7 Å². The fourth-order valence-corrected chi connectivity index (χ4v) is 2.79. The molecule has 0 aliphatic rings. The van der Waals surface area contributed by atoms with Gasteiger partial charge in [-0.3, -0.25) is 19.3 Å². The highest BCUT2D eigenvalue weighted by Gasteiger charge is 2.31. The molecule has 26 heavy (non-hydrogen) atoms. The predicted molar refractivity (Wildman–Crippen MR) is 93.1 cm³/mol. The van der Waals surface area contributed by atoms with Crippen molar-refractivity contribution in [1.29, 1.82) is 0 Å². The van der Waals surface area contributed by atoms with Crippen LogP contribution in [0, 0.1) is 32.1 Å². The van der Waals surface area contributed by atoms with Crippen LogP contribution in [0.1, 0.15) is 32.1 Å². The summed E-state index contributed by atoms with van der Waals surface area (Å²) in [6.07, 6.45) is 6.39. The molecule has 0 saturated carbocycles. The molecule has 2 N–H and O–H groups in total. The molecule has 0 fully saturated rings. The largest absolute Gasteiger partial charge is 0.364 e. The van der Waals surface area contributed by atoms with E-state index in [1.165, 1.54) is 10.6 Å². The van der Waals surface area contributed by atoms with Crippen LogP contribution >= 0.6 is 0 Å². The number of carbonyl (C=O) groups is 3. The molecule has 0 unspecified atom stereocenters. The second kappa shape index (κ2) is 7.19. The number of nitrogens with two attached hydrogens (primary N) is 1. The first-order valence-electron chi connectivity index (χ1n) is 7.57. The smallest absolute Gasteiger partial charge is 0.300 e. The van der Waals surface area contributed by atoms with E-state index < -0.39 is 23.5 Å². The molecular formula is C18H17FN4O3. The van der Waals surface area contributed by atoms with Gasteiger partial charge >= 0.3 is 0 Å². The van der Waals surface area contributed by atoms with Gasteiger partial charge in [-0.05, 0) is 31.5 Å². The van der Waals surface area contributed by atoms with Gasteiger partial charge in [0.05, 0.1) is 24.0 Å². The Hall–Kier alpha value is -3.47. The summed E-state index contributed by atoms with van der Waals surface area (Å²) in [7, 11) is 1.58. The van der Waals surface area contributed by atoms with E-state index in [4.69, 9.17) is 12.2 Å². The summed E-state index contributed by atoms with van der Waals surface area (Å²) in [4.78, 5) is 41.7. The molecule has 0 saturated heterocycles. The number of terminal acetylenes is 1. The zero-order valence-electron chi connectivity index (χ0n) is 14.5. The number of anilines is 1. The zero-order chi connectivity index (χ0) is 19.6. The van der Waals surface area contributed by atoms with E-state index >= 15 is 0 Å². The van der Waals surface area contributed by atoms with Crippen molar-refractivity contribution in [3.63, 3.8) is 0 Å². The van der Waals surface area contributed by atoms with Gasteiger partial charge in [-0.2, -0.15) is 4.39 Å². The molecule has 2 amide bonds. The monoisotopic (exact) mass is 356 g/mol. The fourth-order valence-electron chi connectivity index (χ4n) is 2.79. The topological polar surface area (TPSA) is 98.3 Å². The standard InChI is InChI=1S/C18H17FN4O3/c1-5-8-23(12-6-7-13(19)21-9-12)18(26)16(24)14-10(2)15(17(20)25)22(4)11(14)3/h1,6-7,9H,8H2,2-4H3,(H2,20,25). The summed E-state index contributed by atoms with van der Waals surface area (Å²) in [6, 6.07) is 2.35. The molecule has 2 rings (SSSR count). The Kier molecular flexibility index (Phi) is 5.22. The average Bonchev–Trinajstić information content (AvgIpc) is 2.81. The predicted octanol–water partition coefficient (Wildman–Crippen LogP) is 1.12. The summed E-state index contributed by atoms with van der Waals surface area (Å²) in [5.41, 5.74) is 6.50. The van der Waals surface area contributed by atoms with Gasteiger partial charge in [0, 0.05) is 12.7 Å². The maximum atomic E-state index is 13.0. The maximum absolute atomic E-state index is 13.0. The number of hydrogen-bond acceptors (Lipinski definition) is 4. The molecule has 0 atom stereocenters.